The van der Waals surface area contributed by atoms with Crippen molar-refractivity contribution in [2.75, 3.05) is 21.2 Å². The van der Waals surface area contributed by atoms with Crippen LogP contribution in [-0.4, -0.2) is 81.8 Å². The number of amides is 1. The molecular formula is C29H32N2O8. The van der Waals surface area contributed by atoms with Crippen LogP contribution < -0.4 is 5.73 Å². The number of phenols is 1. The molecule has 206 valence electrons. The van der Waals surface area contributed by atoms with Crippen LogP contribution in [-0.2, 0) is 32.1 Å². The predicted octanol–water partition coefficient (Wildman–Crippen LogP) is 0.942. The Balaban J connectivity index is 1.68. The molecule has 0 heterocycles. The molecule has 39 heavy (non-hydrogen) atoms. The number of nitrogens with zero attached hydrogens (tertiary/aromatic N) is 1. The number of ketones is 2. The maximum atomic E-state index is 13.9. The lowest BCUT2D eigenvalue weighted by Crippen LogP contribution is -2.73. The molecule has 0 radical (unpaired) electrons. The first kappa shape index (κ1) is 27.0. The number of ether oxygens (including phenoxy) is 1. The minimum Gasteiger partial charge on any atom is -0.507 e. The highest BCUT2D eigenvalue weighted by atomic mass is 16.5. The average molecular weight is 537 g/mol. The quantitative estimate of drug-likeness (QED) is 0.349. The maximum absolute atomic E-state index is 13.9. The number of hydrogen-bond acceptors (Lipinski definition) is 9. The number of fused-ring (bicyclic) bond motifs is 3. The van der Waals surface area contributed by atoms with Gasteiger partial charge in [0.05, 0.1) is 18.3 Å². The molecular weight excluding hydrogens is 504 g/mol. The molecule has 0 saturated heterocycles. The van der Waals surface area contributed by atoms with E-state index in [4.69, 9.17) is 10.5 Å². The number of Topliss-reactive ketones (excluding diaryl/α,β-unsaturated/α-hetero) is 2. The second kappa shape index (κ2) is 9.56. The fraction of sp³-hybridized carbons (Fsp3) is 0.414. The lowest BCUT2D eigenvalue weighted by atomic mass is 9.54. The lowest BCUT2D eigenvalue weighted by Gasteiger charge is -2.53. The molecule has 2 aromatic rings. The van der Waals surface area contributed by atoms with E-state index in [9.17, 15) is 34.8 Å². The van der Waals surface area contributed by atoms with E-state index in [0.29, 0.717) is 12.2 Å². The minimum atomic E-state index is -2.67. The van der Waals surface area contributed by atoms with Gasteiger partial charge in [-0.2, -0.15) is 0 Å². The number of likely N-dealkylation sites (N-methyl/N-ethyl adjacent to an activating group) is 1. The molecule has 6 atom stereocenters. The SMILES string of the molecule is COCc1cccc(-c2ccc(O)c3c2C[C@H]2C[C@H]4[C@H](N(C)C)C(O)C(C(N)=O)C(=O)[C@@]4(O)C(=O)C2=C3O)c1. The topological polar surface area (TPSA) is 171 Å². The standard InChI is InChI=1S/C29H32N2O8/c1-31(2)23-18-11-15-10-17-16(14-6-4-5-13(9-14)12-39-3)7-8-19(32)21(17)24(33)20(15)26(35)29(18,38)27(36)22(25(23)34)28(30)37/h4-9,15,18,22-23,25,32-34,38H,10-12H2,1-3H3,(H2,30,37)/t15-,18-,22?,23-,25?,29-/m0/s1. The fourth-order valence-electron chi connectivity index (χ4n) is 6.87. The Kier molecular flexibility index (Phi) is 6.62. The fourth-order valence-corrected chi connectivity index (χ4v) is 6.87. The maximum Gasteiger partial charge on any atom is 0.230 e. The van der Waals surface area contributed by atoms with Crippen molar-refractivity contribution in [2.45, 2.75) is 37.2 Å². The molecule has 3 aliphatic carbocycles. The van der Waals surface area contributed by atoms with Gasteiger partial charge in [0.25, 0.3) is 0 Å². The van der Waals surface area contributed by atoms with Crippen LogP contribution in [0.25, 0.3) is 16.9 Å². The van der Waals surface area contributed by atoms with E-state index in [0.717, 1.165) is 16.7 Å². The van der Waals surface area contributed by atoms with Crippen LogP contribution in [0, 0.1) is 17.8 Å². The predicted molar refractivity (Wildman–Crippen MR) is 140 cm³/mol. The van der Waals surface area contributed by atoms with Crippen molar-refractivity contribution in [3.05, 3.63) is 58.7 Å². The Morgan fingerprint density at radius 3 is 2.54 bits per heavy atom. The summed E-state index contributed by atoms with van der Waals surface area (Å²) < 4.78 is 5.25. The van der Waals surface area contributed by atoms with Crippen LogP contribution in [0.4, 0.5) is 0 Å². The van der Waals surface area contributed by atoms with Crippen LogP contribution in [0.5, 0.6) is 5.75 Å². The Morgan fingerprint density at radius 1 is 1.18 bits per heavy atom. The van der Waals surface area contributed by atoms with Crippen molar-refractivity contribution < 1.29 is 39.5 Å². The summed E-state index contributed by atoms with van der Waals surface area (Å²) >= 11 is 0. The Morgan fingerprint density at radius 2 is 1.90 bits per heavy atom. The molecule has 10 nitrogen and oxygen atoms in total. The number of aliphatic hydroxyl groups is 3. The number of carbonyl (C=O) groups is 3. The molecule has 3 aliphatic rings. The second-order valence-electron chi connectivity index (χ2n) is 10.9. The van der Waals surface area contributed by atoms with E-state index >= 15 is 0 Å². The summed E-state index contributed by atoms with van der Waals surface area (Å²) in [6, 6.07) is 9.87. The number of aliphatic hydroxyl groups excluding tert-OH is 2. The van der Waals surface area contributed by atoms with Gasteiger partial charge in [0, 0.05) is 24.6 Å². The summed E-state index contributed by atoms with van der Waals surface area (Å²) in [5.74, 6) is -7.59. The van der Waals surface area contributed by atoms with Crippen molar-refractivity contribution in [3.8, 4) is 16.9 Å². The minimum absolute atomic E-state index is 0.0604. The number of carbonyl (C=O) groups excluding carboxylic acids is 3. The van der Waals surface area contributed by atoms with Gasteiger partial charge >= 0.3 is 0 Å². The van der Waals surface area contributed by atoms with Gasteiger partial charge in [-0.05, 0) is 67.2 Å². The number of rotatable bonds is 5. The van der Waals surface area contributed by atoms with Crippen molar-refractivity contribution in [1.82, 2.24) is 4.90 Å². The molecule has 1 amide bonds. The Bertz CT molecular complexity index is 1420. The third-order valence-corrected chi connectivity index (χ3v) is 8.52. The first-order valence-electron chi connectivity index (χ1n) is 12.7. The van der Waals surface area contributed by atoms with E-state index < -0.39 is 58.7 Å². The van der Waals surface area contributed by atoms with Crippen molar-refractivity contribution >= 4 is 23.2 Å². The van der Waals surface area contributed by atoms with Gasteiger partial charge in [-0.25, -0.2) is 0 Å². The molecule has 2 aromatic carbocycles. The normalized spacial score (nSPS) is 30.2. The molecule has 2 unspecified atom stereocenters. The number of primary amides is 1. The highest BCUT2D eigenvalue weighted by molar-refractivity contribution is 6.25. The van der Waals surface area contributed by atoms with E-state index in [-0.39, 0.29) is 29.7 Å². The molecule has 0 spiro atoms. The number of hydrogen-bond donors (Lipinski definition) is 5. The smallest absolute Gasteiger partial charge is 0.230 e. The molecule has 2 saturated carbocycles. The highest BCUT2D eigenvalue weighted by Gasteiger charge is 2.67. The molecule has 10 heteroatoms. The zero-order chi connectivity index (χ0) is 28.4. The zero-order valence-corrected chi connectivity index (χ0v) is 21.9. The summed E-state index contributed by atoms with van der Waals surface area (Å²) in [7, 11) is 4.84. The Hall–Kier alpha value is -3.57. The van der Waals surface area contributed by atoms with Crippen molar-refractivity contribution in [3.63, 3.8) is 0 Å². The zero-order valence-electron chi connectivity index (χ0n) is 21.9. The van der Waals surface area contributed by atoms with Gasteiger partial charge in [-0.3, -0.25) is 14.4 Å². The van der Waals surface area contributed by atoms with Crippen molar-refractivity contribution in [1.29, 1.82) is 0 Å². The first-order chi connectivity index (χ1) is 18.4. The molecule has 2 fully saturated rings. The largest absolute Gasteiger partial charge is 0.507 e. The Labute approximate surface area is 225 Å². The third-order valence-electron chi connectivity index (χ3n) is 8.52. The molecule has 5 rings (SSSR count). The van der Waals surface area contributed by atoms with E-state index in [2.05, 4.69) is 0 Å². The summed E-state index contributed by atoms with van der Waals surface area (Å²) in [5, 5.41) is 44.9. The van der Waals surface area contributed by atoms with Crippen LogP contribution >= 0.6 is 0 Å². The summed E-state index contributed by atoms with van der Waals surface area (Å²) in [6.07, 6.45) is -1.23. The number of nitrogens with two attached hydrogens (primary N) is 1. The number of methoxy groups -OCH3 is 1. The van der Waals surface area contributed by atoms with Gasteiger partial charge in [0.2, 0.25) is 11.7 Å². The van der Waals surface area contributed by atoms with Gasteiger partial charge in [0.15, 0.2) is 11.4 Å². The molecule has 0 bridgehead atoms. The van der Waals surface area contributed by atoms with Crippen LogP contribution in [0.15, 0.2) is 42.0 Å². The lowest BCUT2D eigenvalue weighted by molar-refractivity contribution is -0.184. The number of phenolic OH excluding ortho intramolecular Hbond substituents is 1. The summed E-state index contributed by atoms with van der Waals surface area (Å²) in [6.45, 7) is 0.398. The summed E-state index contributed by atoms with van der Waals surface area (Å²) in [5.41, 5.74) is 5.75. The second-order valence-corrected chi connectivity index (χ2v) is 10.9. The average Bonchev–Trinajstić information content (AvgIpc) is 2.86. The van der Waals surface area contributed by atoms with Crippen molar-refractivity contribution in [2.24, 2.45) is 23.5 Å². The van der Waals surface area contributed by atoms with Gasteiger partial charge in [0.1, 0.15) is 17.4 Å². The molecule has 6 N–H and O–H groups in total. The van der Waals surface area contributed by atoms with E-state index in [1.807, 2.05) is 24.3 Å². The van der Waals surface area contributed by atoms with E-state index in [1.54, 1.807) is 32.2 Å². The van der Waals surface area contributed by atoms with Gasteiger partial charge in [-0.1, -0.05) is 24.3 Å². The van der Waals surface area contributed by atoms with Crippen LogP contribution in [0.3, 0.4) is 0 Å². The van der Waals surface area contributed by atoms with Crippen LogP contribution in [0.1, 0.15) is 23.1 Å². The van der Waals surface area contributed by atoms with Crippen LogP contribution in [0.2, 0.25) is 0 Å². The first-order valence-corrected chi connectivity index (χ1v) is 12.7. The molecule has 0 aromatic heterocycles. The highest BCUT2D eigenvalue weighted by Crippen LogP contribution is 2.53. The monoisotopic (exact) mass is 536 g/mol. The third kappa shape index (κ3) is 3.89. The molecule has 0 aliphatic heterocycles. The van der Waals surface area contributed by atoms with E-state index in [1.165, 1.54) is 6.07 Å². The van der Waals surface area contributed by atoms with Gasteiger partial charge < -0.3 is 35.8 Å². The van der Waals surface area contributed by atoms with Gasteiger partial charge in [-0.15, -0.1) is 0 Å². The number of benzene rings is 2. The number of aromatic hydroxyl groups is 1. The summed E-state index contributed by atoms with van der Waals surface area (Å²) in [4.78, 5) is 41.1.